The van der Waals surface area contributed by atoms with Gasteiger partial charge in [0.1, 0.15) is 0 Å². The van der Waals surface area contributed by atoms with Crippen LogP contribution in [0.15, 0.2) is 47.7 Å². The van der Waals surface area contributed by atoms with Crippen LogP contribution in [0, 0.1) is 5.92 Å². The molecule has 1 aromatic carbocycles. The number of aliphatic imine (C=N–C) groups is 1. The van der Waals surface area contributed by atoms with E-state index in [1.807, 2.05) is 60.0 Å². The van der Waals surface area contributed by atoms with Gasteiger partial charge in [-0.3, -0.25) is 14.5 Å². The number of carbonyl (C=O) groups is 1. The minimum absolute atomic E-state index is 0. The Kier molecular flexibility index (Phi) is 9.41. The van der Waals surface area contributed by atoms with Crippen molar-refractivity contribution >= 4 is 47.4 Å². The maximum absolute atomic E-state index is 12.2. The van der Waals surface area contributed by atoms with E-state index in [9.17, 15) is 4.79 Å². The van der Waals surface area contributed by atoms with Gasteiger partial charge in [0.15, 0.2) is 5.96 Å². The number of carbonyl (C=O) groups excluding carboxylic acids is 1. The van der Waals surface area contributed by atoms with Crippen LogP contribution in [-0.2, 0) is 4.79 Å². The highest BCUT2D eigenvalue weighted by Crippen LogP contribution is 2.19. The molecule has 1 fully saturated rings. The van der Waals surface area contributed by atoms with Gasteiger partial charge in [0.05, 0.1) is 6.04 Å². The highest BCUT2D eigenvalue weighted by molar-refractivity contribution is 14.0. The molecule has 3 rings (SSSR count). The van der Waals surface area contributed by atoms with E-state index < -0.39 is 0 Å². The van der Waals surface area contributed by atoms with Gasteiger partial charge in [0.2, 0.25) is 5.91 Å². The Bertz CT molecular complexity index is 825. The molecule has 1 aliphatic heterocycles. The lowest BCUT2D eigenvalue weighted by Crippen LogP contribution is -2.46. The minimum atomic E-state index is 0. The van der Waals surface area contributed by atoms with Crippen LogP contribution < -0.4 is 10.6 Å². The number of hydrogen-bond acceptors (Lipinski definition) is 3. The number of nitrogens with zero attached hydrogens (tertiary/aromatic N) is 4. The molecule has 164 valence electrons. The topological polar surface area (TPSA) is 74.6 Å². The van der Waals surface area contributed by atoms with E-state index >= 15 is 0 Å². The lowest BCUT2D eigenvalue weighted by molar-refractivity contribution is -0.133. The summed E-state index contributed by atoms with van der Waals surface area (Å²) in [5.41, 5.74) is 1.11. The van der Waals surface area contributed by atoms with Crippen LogP contribution in [-0.4, -0.2) is 59.3 Å². The summed E-state index contributed by atoms with van der Waals surface area (Å²) in [4.78, 5) is 18.5. The van der Waals surface area contributed by atoms with E-state index in [-0.39, 0.29) is 47.9 Å². The summed E-state index contributed by atoms with van der Waals surface area (Å²) in [6, 6.07) is 9.91. The van der Waals surface area contributed by atoms with Crippen molar-refractivity contribution in [2.24, 2.45) is 10.9 Å². The molecule has 2 aromatic rings. The molecule has 7 nitrogen and oxygen atoms in total. The number of aromatic nitrogens is 2. The molecule has 0 saturated carbocycles. The Balaban J connectivity index is 0.00000320. The number of hydrogen-bond donors (Lipinski definition) is 2. The molecular weight excluding hydrogens is 515 g/mol. The number of halogens is 2. The quantitative estimate of drug-likeness (QED) is 0.333. The van der Waals surface area contributed by atoms with E-state index in [1.54, 1.807) is 13.2 Å². The van der Waals surface area contributed by atoms with Crippen LogP contribution in [0.3, 0.4) is 0 Å². The highest BCUT2D eigenvalue weighted by atomic mass is 127. The Morgan fingerprint density at radius 2 is 2.07 bits per heavy atom. The summed E-state index contributed by atoms with van der Waals surface area (Å²) in [5.74, 6) is 0.957. The van der Waals surface area contributed by atoms with Crippen LogP contribution >= 0.6 is 35.6 Å². The van der Waals surface area contributed by atoms with E-state index in [4.69, 9.17) is 11.6 Å². The predicted octanol–water partition coefficient (Wildman–Crippen LogP) is 3.17. The summed E-state index contributed by atoms with van der Waals surface area (Å²) in [6.07, 6.45) is 4.64. The smallest absolute Gasteiger partial charge is 0.225 e. The predicted molar refractivity (Wildman–Crippen MR) is 132 cm³/mol. The number of likely N-dealkylation sites (tertiary alicyclic amines) is 1. The van der Waals surface area contributed by atoms with Crippen LogP contribution in [0.1, 0.15) is 31.9 Å². The normalized spacial score (nSPS) is 17.6. The third-order valence-corrected chi connectivity index (χ3v) is 5.37. The molecule has 0 radical (unpaired) electrons. The second kappa shape index (κ2) is 11.5. The number of guanidine groups is 1. The Labute approximate surface area is 200 Å². The Morgan fingerprint density at radius 1 is 1.33 bits per heavy atom. The van der Waals surface area contributed by atoms with Gasteiger partial charge >= 0.3 is 0 Å². The van der Waals surface area contributed by atoms with Gasteiger partial charge in [-0.2, -0.15) is 5.10 Å². The molecule has 0 aliphatic carbocycles. The maximum Gasteiger partial charge on any atom is 0.225 e. The van der Waals surface area contributed by atoms with Crippen LogP contribution in [0.25, 0.3) is 0 Å². The molecule has 1 aliphatic rings. The van der Waals surface area contributed by atoms with E-state index in [2.05, 4.69) is 20.7 Å². The molecule has 9 heteroatoms. The van der Waals surface area contributed by atoms with Crippen molar-refractivity contribution in [3.05, 3.63) is 53.3 Å². The molecule has 1 amide bonds. The molecule has 30 heavy (non-hydrogen) atoms. The molecular formula is C21H30ClIN6O. The van der Waals surface area contributed by atoms with Gasteiger partial charge in [-0.1, -0.05) is 37.6 Å². The molecule has 2 N–H and O–H groups in total. The molecule has 0 spiro atoms. The molecule has 2 heterocycles. The first-order chi connectivity index (χ1) is 14.0. The fraction of sp³-hybridized carbons (Fsp3) is 0.476. The summed E-state index contributed by atoms with van der Waals surface area (Å²) in [5, 5.41) is 12.0. The van der Waals surface area contributed by atoms with Crippen molar-refractivity contribution in [1.82, 2.24) is 25.3 Å². The Morgan fingerprint density at radius 3 is 2.67 bits per heavy atom. The second-order valence-electron chi connectivity index (χ2n) is 7.58. The zero-order chi connectivity index (χ0) is 20.8. The molecule has 1 saturated heterocycles. The van der Waals surface area contributed by atoms with Crippen molar-refractivity contribution in [2.45, 2.75) is 32.4 Å². The van der Waals surface area contributed by atoms with Crippen LogP contribution in [0.5, 0.6) is 0 Å². The van der Waals surface area contributed by atoms with E-state index in [1.165, 1.54) is 0 Å². The van der Waals surface area contributed by atoms with Gasteiger partial charge in [0, 0.05) is 56.1 Å². The molecule has 2 atom stereocenters. The minimum Gasteiger partial charge on any atom is -0.354 e. The van der Waals surface area contributed by atoms with Crippen molar-refractivity contribution < 1.29 is 4.79 Å². The molecule has 1 aromatic heterocycles. The van der Waals surface area contributed by atoms with E-state index in [0.29, 0.717) is 18.1 Å². The van der Waals surface area contributed by atoms with Gasteiger partial charge < -0.3 is 15.5 Å². The van der Waals surface area contributed by atoms with Crippen molar-refractivity contribution in [3.8, 4) is 0 Å². The lowest BCUT2D eigenvalue weighted by atomic mass is 10.1. The highest BCUT2D eigenvalue weighted by Gasteiger charge is 2.28. The lowest BCUT2D eigenvalue weighted by Gasteiger charge is -2.23. The fourth-order valence-electron chi connectivity index (χ4n) is 3.54. The van der Waals surface area contributed by atoms with E-state index in [0.717, 1.165) is 24.5 Å². The average molecular weight is 545 g/mol. The molecule has 2 unspecified atom stereocenters. The first-order valence-corrected chi connectivity index (χ1v) is 10.4. The first kappa shape index (κ1) is 24.5. The number of amides is 1. The summed E-state index contributed by atoms with van der Waals surface area (Å²) in [7, 11) is 1.76. The van der Waals surface area contributed by atoms with Gasteiger partial charge in [0.25, 0.3) is 0 Å². The standard InChI is InChI=1S/C21H29ClN6O.HI/c1-15(2)20(29)27-12-9-18(14-27)26-21(23-3)24-13-19(28-11-4-10-25-28)16-5-7-17(22)8-6-16;/h4-8,10-11,15,18-19H,9,12-14H2,1-3H3,(H2,23,24,26);1H. The Hall–Kier alpha value is -1.81. The average Bonchev–Trinajstić information content (AvgIpc) is 3.40. The number of nitrogens with one attached hydrogen (secondary N) is 2. The zero-order valence-corrected chi connectivity index (χ0v) is 20.7. The summed E-state index contributed by atoms with van der Waals surface area (Å²) < 4.78 is 1.92. The zero-order valence-electron chi connectivity index (χ0n) is 17.6. The van der Waals surface area contributed by atoms with Crippen molar-refractivity contribution in [3.63, 3.8) is 0 Å². The van der Waals surface area contributed by atoms with Crippen LogP contribution in [0.2, 0.25) is 5.02 Å². The third-order valence-electron chi connectivity index (χ3n) is 5.12. The first-order valence-electron chi connectivity index (χ1n) is 9.98. The molecule has 0 bridgehead atoms. The maximum atomic E-state index is 12.2. The van der Waals surface area contributed by atoms with Gasteiger partial charge in [-0.05, 0) is 30.2 Å². The van der Waals surface area contributed by atoms with Crippen molar-refractivity contribution in [2.75, 3.05) is 26.7 Å². The monoisotopic (exact) mass is 544 g/mol. The van der Waals surface area contributed by atoms with Crippen LogP contribution in [0.4, 0.5) is 0 Å². The SMILES string of the molecule is CN=C(NCC(c1ccc(Cl)cc1)n1cccn1)NC1CCN(C(=O)C(C)C)C1.I. The van der Waals surface area contributed by atoms with Gasteiger partial charge in [-0.25, -0.2) is 0 Å². The van der Waals surface area contributed by atoms with Crippen molar-refractivity contribution in [1.29, 1.82) is 0 Å². The fourth-order valence-corrected chi connectivity index (χ4v) is 3.66. The third kappa shape index (κ3) is 6.34. The summed E-state index contributed by atoms with van der Waals surface area (Å²) in [6.45, 7) is 5.99. The largest absolute Gasteiger partial charge is 0.354 e. The number of benzene rings is 1. The second-order valence-corrected chi connectivity index (χ2v) is 8.01. The van der Waals surface area contributed by atoms with Gasteiger partial charge in [-0.15, -0.1) is 24.0 Å². The number of rotatable bonds is 6. The summed E-state index contributed by atoms with van der Waals surface area (Å²) >= 11 is 6.04.